The third-order valence-corrected chi connectivity index (χ3v) is 2.32. The third kappa shape index (κ3) is 9.55. The maximum absolute atomic E-state index is 10.2. The number of aliphatic hydroxyl groups is 1. The molecule has 0 aliphatic heterocycles. The van der Waals surface area contributed by atoms with Crippen molar-refractivity contribution >= 4 is 29.2 Å². The number of aliphatic carboxylic acids is 1. The molecule has 0 aromatic heterocycles. The predicted molar refractivity (Wildman–Crippen MR) is 75.2 cm³/mol. The van der Waals surface area contributed by atoms with Crippen molar-refractivity contribution in [2.45, 2.75) is 0 Å². The number of nitrogens with zero attached hydrogens (tertiary/aromatic N) is 1. The Labute approximate surface area is 122 Å². The van der Waals surface area contributed by atoms with Crippen molar-refractivity contribution in [3.8, 4) is 5.75 Å². The van der Waals surface area contributed by atoms with E-state index >= 15 is 0 Å². The van der Waals surface area contributed by atoms with Crippen molar-refractivity contribution in [2.24, 2.45) is 0 Å². The fourth-order valence-corrected chi connectivity index (χ4v) is 1.39. The van der Waals surface area contributed by atoms with E-state index in [1.165, 1.54) is 12.1 Å². The van der Waals surface area contributed by atoms with Crippen molar-refractivity contribution in [3.63, 3.8) is 0 Å². The van der Waals surface area contributed by atoms with E-state index in [0.717, 1.165) is 6.54 Å². The minimum Gasteiger partial charge on any atom is -0.480 e. The maximum atomic E-state index is 10.2. The zero-order valence-corrected chi connectivity index (χ0v) is 12.3. The van der Waals surface area contributed by atoms with E-state index in [1.54, 1.807) is 6.07 Å². The Bertz CT molecular complexity index is 399. The van der Waals surface area contributed by atoms with Crippen LogP contribution in [0.5, 0.6) is 5.75 Å². The molecule has 0 amide bonds. The van der Waals surface area contributed by atoms with Gasteiger partial charge in [-0.15, -0.1) is 0 Å². The molecule has 0 fully saturated rings. The fraction of sp³-hybridized carbons (Fsp3) is 0.417. The molecule has 108 valence electrons. The second-order valence-corrected chi connectivity index (χ2v) is 4.63. The summed E-state index contributed by atoms with van der Waals surface area (Å²) in [7, 11) is 3.85. The summed E-state index contributed by atoms with van der Waals surface area (Å²) in [6.45, 7) is 0.606. The van der Waals surface area contributed by atoms with Crippen molar-refractivity contribution in [2.75, 3.05) is 33.9 Å². The van der Waals surface area contributed by atoms with Crippen LogP contribution in [0.3, 0.4) is 0 Å². The first-order valence-electron chi connectivity index (χ1n) is 5.42. The topological polar surface area (TPSA) is 70.0 Å². The van der Waals surface area contributed by atoms with Crippen molar-refractivity contribution in [1.82, 2.24) is 4.90 Å². The molecule has 7 heteroatoms. The normalized spacial score (nSPS) is 9.79. The smallest absolute Gasteiger partial charge is 0.341 e. The molecule has 19 heavy (non-hydrogen) atoms. The molecule has 1 aromatic carbocycles. The van der Waals surface area contributed by atoms with Crippen LogP contribution < -0.4 is 4.74 Å². The summed E-state index contributed by atoms with van der Waals surface area (Å²) in [5, 5.41) is 17.3. The highest BCUT2D eigenvalue weighted by atomic mass is 35.5. The van der Waals surface area contributed by atoms with E-state index in [4.69, 9.17) is 38.2 Å². The summed E-state index contributed by atoms with van der Waals surface area (Å²) in [6.07, 6.45) is 0. The van der Waals surface area contributed by atoms with E-state index in [1.807, 2.05) is 19.0 Å². The molecular weight excluding hydrogens is 293 g/mol. The van der Waals surface area contributed by atoms with Crippen LogP contribution in [0.25, 0.3) is 0 Å². The summed E-state index contributed by atoms with van der Waals surface area (Å²) in [5.41, 5.74) is 0. The number of carbonyl (C=O) groups is 1. The van der Waals surface area contributed by atoms with Gasteiger partial charge in [0.05, 0.1) is 11.6 Å². The van der Waals surface area contributed by atoms with E-state index < -0.39 is 12.6 Å². The van der Waals surface area contributed by atoms with Gasteiger partial charge in [-0.2, -0.15) is 0 Å². The molecule has 0 saturated heterocycles. The number of likely N-dealkylation sites (N-methyl/N-ethyl adjacent to an activating group) is 1. The number of rotatable bonds is 5. The summed E-state index contributed by atoms with van der Waals surface area (Å²) in [5.74, 6) is -0.737. The third-order valence-electron chi connectivity index (χ3n) is 1.79. The number of hydrogen-bond acceptors (Lipinski definition) is 4. The summed E-state index contributed by atoms with van der Waals surface area (Å²) in [6, 6.07) is 4.58. The number of benzene rings is 1. The molecule has 0 saturated carbocycles. The van der Waals surface area contributed by atoms with Gasteiger partial charge in [-0.25, -0.2) is 4.79 Å². The van der Waals surface area contributed by atoms with Gasteiger partial charge in [0.25, 0.3) is 0 Å². The molecule has 1 aromatic rings. The fourth-order valence-electron chi connectivity index (χ4n) is 0.932. The molecule has 0 bridgehead atoms. The lowest BCUT2D eigenvalue weighted by molar-refractivity contribution is -0.139. The van der Waals surface area contributed by atoms with Gasteiger partial charge in [0.15, 0.2) is 6.61 Å². The van der Waals surface area contributed by atoms with E-state index in [2.05, 4.69) is 0 Å². The standard InChI is InChI=1S/C8H6Cl2O3.C4H11NO/c9-5-1-2-7(6(10)3-5)13-4-8(11)12;1-5(2)3-4-6/h1-3H,4H2,(H,11,12);6H,3-4H2,1-2H3. The Balaban J connectivity index is 0.000000459. The van der Waals surface area contributed by atoms with Gasteiger partial charge in [-0.1, -0.05) is 23.2 Å². The molecule has 0 atom stereocenters. The summed E-state index contributed by atoms with van der Waals surface area (Å²) < 4.78 is 4.86. The number of carboxylic acids is 1. The SMILES string of the molecule is CN(C)CCO.O=C(O)COc1ccc(Cl)cc1Cl. The lowest BCUT2D eigenvalue weighted by Gasteiger charge is -2.04. The van der Waals surface area contributed by atoms with Gasteiger partial charge >= 0.3 is 5.97 Å². The molecule has 2 N–H and O–H groups in total. The molecule has 5 nitrogen and oxygen atoms in total. The quantitative estimate of drug-likeness (QED) is 0.870. The van der Waals surface area contributed by atoms with Gasteiger partial charge in [0.1, 0.15) is 5.75 Å². The van der Waals surface area contributed by atoms with E-state index in [-0.39, 0.29) is 6.61 Å². The highest BCUT2D eigenvalue weighted by Gasteiger charge is 2.04. The Kier molecular flexibility index (Phi) is 9.34. The summed E-state index contributed by atoms with van der Waals surface area (Å²) in [4.78, 5) is 12.1. The largest absolute Gasteiger partial charge is 0.480 e. The molecule has 0 aliphatic carbocycles. The van der Waals surface area contributed by atoms with Crippen LogP contribution in [-0.4, -0.2) is 54.9 Å². The van der Waals surface area contributed by atoms with Crippen LogP contribution in [0, 0.1) is 0 Å². The van der Waals surface area contributed by atoms with E-state index in [0.29, 0.717) is 15.8 Å². The molecular formula is C12H17Cl2NO4. The van der Waals surface area contributed by atoms with Gasteiger partial charge in [0.2, 0.25) is 0 Å². The maximum Gasteiger partial charge on any atom is 0.341 e. The number of hydrogen-bond donors (Lipinski definition) is 2. The van der Waals surface area contributed by atoms with Gasteiger partial charge in [-0.05, 0) is 32.3 Å². The van der Waals surface area contributed by atoms with Crippen LogP contribution in [0.2, 0.25) is 10.0 Å². The lowest BCUT2D eigenvalue weighted by atomic mass is 10.3. The molecule has 0 heterocycles. The van der Waals surface area contributed by atoms with Crippen molar-refractivity contribution < 1.29 is 19.7 Å². The average Bonchev–Trinajstić information content (AvgIpc) is 2.28. The number of aliphatic hydroxyl groups excluding tert-OH is 1. The van der Waals surface area contributed by atoms with Crippen LogP contribution >= 0.6 is 23.2 Å². The highest BCUT2D eigenvalue weighted by Crippen LogP contribution is 2.27. The number of ether oxygens (including phenoxy) is 1. The summed E-state index contributed by atoms with van der Waals surface area (Å²) >= 11 is 11.3. The molecule has 0 aliphatic rings. The zero-order valence-electron chi connectivity index (χ0n) is 10.8. The van der Waals surface area contributed by atoms with Crippen LogP contribution in [-0.2, 0) is 4.79 Å². The number of carboxylic acid groups (broad SMARTS) is 1. The highest BCUT2D eigenvalue weighted by molar-refractivity contribution is 6.35. The molecule has 0 radical (unpaired) electrons. The monoisotopic (exact) mass is 309 g/mol. The van der Waals surface area contributed by atoms with Gasteiger partial charge in [0, 0.05) is 11.6 Å². The minimum absolute atomic E-state index is 0.257. The zero-order chi connectivity index (χ0) is 14.8. The lowest BCUT2D eigenvalue weighted by Crippen LogP contribution is -2.15. The van der Waals surface area contributed by atoms with Crippen LogP contribution in [0.1, 0.15) is 0 Å². The van der Waals surface area contributed by atoms with Gasteiger partial charge in [-0.3, -0.25) is 0 Å². The Morgan fingerprint density at radius 2 is 2.00 bits per heavy atom. The molecule has 0 unspecified atom stereocenters. The van der Waals surface area contributed by atoms with Crippen molar-refractivity contribution in [1.29, 1.82) is 0 Å². The van der Waals surface area contributed by atoms with Crippen LogP contribution in [0.4, 0.5) is 0 Å². The Hall–Kier alpha value is -1.01. The Morgan fingerprint density at radius 3 is 2.37 bits per heavy atom. The second-order valence-electron chi connectivity index (χ2n) is 3.78. The van der Waals surface area contributed by atoms with Crippen molar-refractivity contribution in [3.05, 3.63) is 28.2 Å². The molecule has 1 rings (SSSR count). The first-order chi connectivity index (χ1) is 8.86. The molecule has 0 spiro atoms. The first-order valence-corrected chi connectivity index (χ1v) is 6.17. The number of halogens is 2. The van der Waals surface area contributed by atoms with Gasteiger partial charge < -0.3 is 19.8 Å². The van der Waals surface area contributed by atoms with E-state index in [9.17, 15) is 4.79 Å². The minimum atomic E-state index is -1.05. The first kappa shape index (κ1) is 18.0. The Morgan fingerprint density at radius 1 is 1.37 bits per heavy atom. The average molecular weight is 310 g/mol. The van der Waals surface area contributed by atoms with Crippen LogP contribution in [0.15, 0.2) is 18.2 Å². The predicted octanol–water partition coefficient (Wildman–Crippen LogP) is 2.00. The second kappa shape index (κ2) is 9.86.